The Labute approximate surface area is 93.1 Å². The summed E-state index contributed by atoms with van der Waals surface area (Å²) >= 11 is 0. The van der Waals surface area contributed by atoms with Gasteiger partial charge >= 0.3 is 5.97 Å². The highest BCUT2D eigenvalue weighted by atomic mass is 16.4. The lowest BCUT2D eigenvalue weighted by Crippen LogP contribution is -2.43. The van der Waals surface area contributed by atoms with Crippen LogP contribution in [-0.2, 0) is 0 Å². The van der Waals surface area contributed by atoms with Gasteiger partial charge in [-0.2, -0.15) is 0 Å². The molecule has 6 nitrogen and oxygen atoms in total. The molecule has 1 aromatic heterocycles. The van der Waals surface area contributed by atoms with Crippen LogP contribution in [0.3, 0.4) is 0 Å². The highest BCUT2D eigenvalue weighted by molar-refractivity contribution is 5.86. The molecule has 0 saturated carbocycles. The minimum Gasteiger partial charge on any atom is -0.478 e. The Bertz CT molecular complexity index is 379. The molecule has 86 valence electrons. The van der Waals surface area contributed by atoms with E-state index in [0.29, 0.717) is 5.95 Å². The van der Waals surface area contributed by atoms with E-state index in [4.69, 9.17) is 10.8 Å². The van der Waals surface area contributed by atoms with E-state index in [9.17, 15) is 4.79 Å². The highest BCUT2D eigenvalue weighted by Gasteiger charge is 2.18. The SMILES string of the molecule is N[C@H]1CCCN(c2ncc(C(=O)O)cn2)C1. The number of rotatable bonds is 2. The summed E-state index contributed by atoms with van der Waals surface area (Å²) in [6.45, 7) is 1.60. The van der Waals surface area contributed by atoms with Crippen LogP contribution in [0.15, 0.2) is 12.4 Å². The standard InChI is InChI=1S/C10H14N4O2/c11-8-2-1-3-14(6-8)10-12-4-7(5-13-10)9(15)16/h4-5,8H,1-3,6,11H2,(H,15,16)/t8-/m0/s1. The molecule has 16 heavy (non-hydrogen) atoms. The first kappa shape index (κ1) is 10.8. The fraction of sp³-hybridized carbons (Fsp3) is 0.500. The minimum absolute atomic E-state index is 0.102. The third-order valence-corrected chi connectivity index (χ3v) is 2.63. The summed E-state index contributed by atoms with van der Waals surface area (Å²) in [5.74, 6) is -0.456. The van der Waals surface area contributed by atoms with Crippen LogP contribution in [0, 0.1) is 0 Å². The maximum Gasteiger partial charge on any atom is 0.338 e. The lowest BCUT2D eigenvalue weighted by atomic mass is 10.1. The van der Waals surface area contributed by atoms with Crippen molar-refractivity contribution in [3.8, 4) is 0 Å². The van der Waals surface area contributed by atoms with Crippen molar-refractivity contribution in [2.45, 2.75) is 18.9 Å². The van der Waals surface area contributed by atoms with Crippen LogP contribution in [0.2, 0.25) is 0 Å². The van der Waals surface area contributed by atoms with Crippen molar-refractivity contribution in [1.82, 2.24) is 9.97 Å². The zero-order chi connectivity index (χ0) is 11.5. The van der Waals surface area contributed by atoms with Gasteiger partial charge in [-0.1, -0.05) is 0 Å². The van der Waals surface area contributed by atoms with E-state index >= 15 is 0 Å². The normalized spacial score (nSPS) is 20.8. The number of nitrogens with two attached hydrogens (primary N) is 1. The minimum atomic E-state index is -1.01. The number of aromatic nitrogens is 2. The predicted molar refractivity (Wildman–Crippen MR) is 58.4 cm³/mol. The molecule has 0 aliphatic carbocycles. The molecule has 2 rings (SSSR count). The second-order valence-electron chi connectivity index (χ2n) is 3.93. The Hall–Kier alpha value is -1.69. The van der Waals surface area contributed by atoms with Crippen LogP contribution in [0.4, 0.5) is 5.95 Å². The number of hydrogen-bond acceptors (Lipinski definition) is 5. The smallest absolute Gasteiger partial charge is 0.338 e. The van der Waals surface area contributed by atoms with Crippen molar-refractivity contribution < 1.29 is 9.90 Å². The van der Waals surface area contributed by atoms with E-state index in [1.165, 1.54) is 12.4 Å². The first-order valence-electron chi connectivity index (χ1n) is 5.22. The summed E-state index contributed by atoms with van der Waals surface area (Å²) in [4.78, 5) is 20.7. The third kappa shape index (κ3) is 2.27. The molecule has 1 aromatic rings. The van der Waals surface area contributed by atoms with Crippen LogP contribution in [0.5, 0.6) is 0 Å². The van der Waals surface area contributed by atoms with Crippen molar-refractivity contribution in [3.05, 3.63) is 18.0 Å². The summed E-state index contributed by atoms with van der Waals surface area (Å²) < 4.78 is 0. The molecule has 1 atom stereocenters. The van der Waals surface area contributed by atoms with E-state index in [0.717, 1.165) is 25.9 Å². The monoisotopic (exact) mass is 222 g/mol. The average Bonchev–Trinajstić information content (AvgIpc) is 2.29. The quantitative estimate of drug-likeness (QED) is 0.737. The van der Waals surface area contributed by atoms with Gasteiger partial charge < -0.3 is 15.7 Å². The van der Waals surface area contributed by atoms with Crippen LogP contribution < -0.4 is 10.6 Å². The average molecular weight is 222 g/mol. The van der Waals surface area contributed by atoms with Gasteiger partial charge in [0.05, 0.1) is 5.56 Å². The highest BCUT2D eigenvalue weighted by Crippen LogP contribution is 2.14. The van der Waals surface area contributed by atoms with Crippen LogP contribution in [-0.4, -0.2) is 40.2 Å². The van der Waals surface area contributed by atoms with Crippen LogP contribution >= 0.6 is 0 Å². The molecular weight excluding hydrogens is 208 g/mol. The second-order valence-corrected chi connectivity index (χ2v) is 3.93. The van der Waals surface area contributed by atoms with E-state index in [1.54, 1.807) is 0 Å². The molecule has 0 bridgehead atoms. The van der Waals surface area contributed by atoms with E-state index < -0.39 is 5.97 Å². The first-order valence-corrected chi connectivity index (χ1v) is 5.22. The van der Waals surface area contributed by atoms with Gasteiger partial charge in [0.1, 0.15) is 0 Å². The fourth-order valence-electron chi connectivity index (χ4n) is 1.79. The van der Waals surface area contributed by atoms with Gasteiger partial charge in [-0.05, 0) is 12.8 Å². The Balaban J connectivity index is 2.11. The van der Waals surface area contributed by atoms with Gasteiger partial charge in [-0.25, -0.2) is 14.8 Å². The molecule has 0 aromatic carbocycles. The molecule has 0 unspecified atom stereocenters. The molecule has 1 aliphatic heterocycles. The Morgan fingerprint density at radius 2 is 2.19 bits per heavy atom. The Morgan fingerprint density at radius 3 is 2.75 bits per heavy atom. The Morgan fingerprint density at radius 1 is 1.50 bits per heavy atom. The third-order valence-electron chi connectivity index (χ3n) is 2.63. The summed E-state index contributed by atoms with van der Waals surface area (Å²) in [6.07, 6.45) is 4.69. The second kappa shape index (κ2) is 4.44. The molecule has 0 spiro atoms. The maximum absolute atomic E-state index is 10.6. The number of piperidine rings is 1. The van der Waals surface area contributed by atoms with Crippen molar-refractivity contribution >= 4 is 11.9 Å². The van der Waals surface area contributed by atoms with Gasteiger partial charge in [0.2, 0.25) is 5.95 Å². The van der Waals surface area contributed by atoms with Crippen LogP contribution in [0.1, 0.15) is 23.2 Å². The van der Waals surface area contributed by atoms with Gasteiger partial charge in [-0.15, -0.1) is 0 Å². The lowest BCUT2D eigenvalue weighted by Gasteiger charge is -2.30. The summed E-state index contributed by atoms with van der Waals surface area (Å²) in [5, 5.41) is 8.71. The number of carboxylic acid groups (broad SMARTS) is 1. The topological polar surface area (TPSA) is 92.3 Å². The molecule has 3 N–H and O–H groups in total. The Kier molecular flexibility index (Phi) is 3.00. The number of aromatic carboxylic acids is 1. The predicted octanol–water partition coefficient (Wildman–Crippen LogP) is 0.102. The molecule has 1 saturated heterocycles. The lowest BCUT2D eigenvalue weighted by molar-refractivity contribution is 0.0696. The molecular formula is C10H14N4O2. The first-order chi connectivity index (χ1) is 7.66. The van der Waals surface area contributed by atoms with E-state index in [2.05, 4.69) is 9.97 Å². The number of anilines is 1. The van der Waals surface area contributed by atoms with Crippen LogP contribution in [0.25, 0.3) is 0 Å². The molecule has 0 radical (unpaired) electrons. The zero-order valence-corrected chi connectivity index (χ0v) is 8.83. The van der Waals surface area contributed by atoms with Crippen molar-refractivity contribution in [1.29, 1.82) is 0 Å². The molecule has 0 amide bonds. The summed E-state index contributed by atoms with van der Waals surface area (Å²) in [7, 11) is 0. The maximum atomic E-state index is 10.6. The van der Waals surface area contributed by atoms with Crippen molar-refractivity contribution in [2.24, 2.45) is 5.73 Å². The number of nitrogens with zero attached hydrogens (tertiary/aromatic N) is 3. The van der Waals surface area contributed by atoms with Gasteiger partial charge in [0.25, 0.3) is 0 Å². The molecule has 1 aliphatic rings. The molecule has 1 fully saturated rings. The fourth-order valence-corrected chi connectivity index (χ4v) is 1.79. The summed E-state index contributed by atoms with van der Waals surface area (Å²) in [6, 6.07) is 0.150. The zero-order valence-electron chi connectivity index (χ0n) is 8.83. The van der Waals surface area contributed by atoms with E-state index in [1.807, 2.05) is 4.90 Å². The number of hydrogen-bond donors (Lipinski definition) is 2. The molecule has 2 heterocycles. The van der Waals surface area contributed by atoms with Crippen molar-refractivity contribution in [2.75, 3.05) is 18.0 Å². The number of carbonyl (C=O) groups is 1. The summed E-state index contributed by atoms with van der Waals surface area (Å²) in [5.41, 5.74) is 5.95. The number of carboxylic acids is 1. The van der Waals surface area contributed by atoms with Crippen molar-refractivity contribution in [3.63, 3.8) is 0 Å². The van der Waals surface area contributed by atoms with Gasteiger partial charge in [0, 0.05) is 31.5 Å². The van der Waals surface area contributed by atoms with E-state index in [-0.39, 0.29) is 11.6 Å². The largest absolute Gasteiger partial charge is 0.478 e. The van der Waals surface area contributed by atoms with Gasteiger partial charge in [0.15, 0.2) is 0 Å². The van der Waals surface area contributed by atoms with Gasteiger partial charge in [-0.3, -0.25) is 0 Å². The molecule has 6 heteroatoms.